The molecular formula is C13H19N5OS. The van der Waals surface area contributed by atoms with Gasteiger partial charge in [0.25, 0.3) is 0 Å². The van der Waals surface area contributed by atoms with Crippen molar-refractivity contribution < 1.29 is 5.11 Å². The first-order chi connectivity index (χ1) is 9.58. The number of nitrogens with one attached hydrogen (secondary N) is 1. The van der Waals surface area contributed by atoms with Crippen LogP contribution in [0.5, 0.6) is 0 Å². The summed E-state index contributed by atoms with van der Waals surface area (Å²) < 4.78 is 0. The third-order valence-electron chi connectivity index (χ3n) is 3.78. The molecule has 0 spiro atoms. The standard InChI is InChI=1S/C13H19N5OS/c1-7-6-18(4-3-10(7)19)11-9-5-8(2)20-12(9)16-13(15-11)17-14/h5,7,10,19H,3-4,6,14H2,1-2H3,(H,15,16,17). The molecule has 1 aliphatic rings. The molecule has 0 saturated carbocycles. The van der Waals surface area contributed by atoms with E-state index < -0.39 is 0 Å². The SMILES string of the molecule is Cc1cc2c(N3CCC(O)C(C)C3)nc(NN)nc2s1. The van der Waals surface area contributed by atoms with Gasteiger partial charge < -0.3 is 10.0 Å². The van der Waals surface area contributed by atoms with Crippen molar-refractivity contribution in [1.82, 2.24) is 9.97 Å². The Hall–Kier alpha value is -1.44. The van der Waals surface area contributed by atoms with E-state index in [1.807, 2.05) is 0 Å². The number of aliphatic hydroxyl groups is 1. The number of nitrogens with two attached hydrogens (primary N) is 1. The van der Waals surface area contributed by atoms with Gasteiger partial charge in [0.1, 0.15) is 10.6 Å². The van der Waals surface area contributed by atoms with E-state index >= 15 is 0 Å². The summed E-state index contributed by atoms with van der Waals surface area (Å²) in [7, 11) is 0. The minimum atomic E-state index is -0.222. The molecule has 2 unspecified atom stereocenters. The van der Waals surface area contributed by atoms with E-state index in [-0.39, 0.29) is 12.0 Å². The van der Waals surface area contributed by atoms with Crippen molar-refractivity contribution >= 4 is 33.3 Å². The fourth-order valence-corrected chi connectivity index (χ4v) is 3.53. The number of piperidine rings is 1. The summed E-state index contributed by atoms with van der Waals surface area (Å²) in [6, 6.07) is 2.12. The van der Waals surface area contributed by atoms with Crippen LogP contribution in [0, 0.1) is 12.8 Å². The Morgan fingerprint density at radius 3 is 3.00 bits per heavy atom. The summed E-state index contributed by atoms with van der Waals surface area (Å²) in [4.78, 5) is 13.3. The molecule has 3 rings (SSSR count). The van der Waals surface area contributed by atoms with Crippen LogP contribution in [0.2, 0.25) is 0 Å². The fraction of sp³-hybridized carbons (Fsp3) is 0.538. The molecule has 7 heteroatoms. The molecule has 20 heavy (non-hydrogen) atoms. The van der Waals surface area contributed by atoms with Gasteiger partial charge in [-0.25, -0.2) is 10.8 Å². The highest BCUT2D eigenvalue weighted by Crippen LogP contribution is 2.33. The van der Waals surface area contributed by atoms with Crippen molar-refractivity contribution in [2.75, 3.05) is 23.4 Å². The number of nitrogens with zero attached hydrogens (tertiary/aromatic N) is 3. The number of aliphatic hydroxyl groups excluding tert-OH is 1. The van der Waals surface area contributed by atoms with Gasteiger partial charge in [0.15, 0.2) is 0 Å². The number of thiophene rings is 1. The lowest BCUT2D eigenvalue weighted by atomic mass is 9.97. The summed E-state index contributed by atoms with van der Waals surface area (Å²) in [5.41, 5.74) is 2.54. The highest BCUT2D eigenvalue weighted by molar-refractivity contribution is 7.18. The zero-order chi connectivity index (χ0) is 14.3. The smallest absolute Gasteiger partial charge is 0.240 e. The van der Waals surface area contributed by atoms with Crippen molar-refractivity contribution in [2.24, 2.45) is 11.8 Å². The monoisotopic (exact) mass is 293 g/mol. The summed E-state index contributed by atoms with van der Waals surface area (Å²) in [5, 5.41) is 10.9. The van der Waals surface area contributed by atoms with E-state index in [2.05, 4.69) is 40.2 Å². The Balaban J connectivity index is 2.05. The van der Waals surface area contributed by atoms with Crippen LogP contribution >= 0.6 is 11.3 Å². The van der Waals surface area contributed by atoms with Gasteiger partial charge in [0.05, 0.1) is 11.5 Å². The highest BCUT2D eigenvalue weighted by Gasteiger charge is 2.26. The van der Waals surface area contributed by atoms with E-state index in [9.17, 15) is 5.11 Å². The molecule has 0 amide bonds. The van der Waals surface area contributed by atoms with Crippen molar-refractivity contribution in [2.45, 2.75) is 26.4 Å². The van der Waals surface area contributed by atoms with Gasteiger partial charge in [-0.05, 0) is 25.3 Å². The maximum Gasteiger partial charge on any atom is 0.240 e. The predicted molar refractivity (Wildman–Crippen MR) is 82.0 cm³/mol. The number of hydrogen-bond donors (Lipinski definition) is 3. The normalized spacial score (nSPS) is 23.3. The van der Waals surface area contributed by atoms with Crippen LogP contribution in [0.3, 0.4) is 0 Å². The number of hydrogen-bond acceptors (Lipinski definition) is 7. The van der Waals surface area contributed by atoms with Crippen molar-refractivity contribution in [1.29, 1.82) is 0 Å². The molecule has 2 atom stereocenters. The van der Waals surface area contributed by atoms with Crippen LogP contribution in [0.15, 0.2) is 6.07 Å². The zero-order valence-corrected chi connectivity index (χ0v) is 12.4. The van der Waals surface area contributed by atoms with Crippen LogP contribution in [0.25, 0.3) is 10.2 Å². The van der Waals surface area contributed by atoms with Crippen LogP contribution in [0.4, 0.5) is 11.8 Å². The molecule has 1 fully saturated rings. The van der Waals surface area contributed by atoms with E-state index in [0.29, 0.717) is 5.95 Å². The quantitative estimate of drug-likeness (QED) is 0.574. The first-order valence-electron chi connectivity index (χ1n) is 6.76. The first-order valence-corrected chi connectivity index (χ1v) is 7.58. The fourth-order valence-electron chi connectivity index (χ4n) is 2.66. The number of fused-ring (bicyclic) bond motifs is 1. The second-order valence-electron chi connectivity index (χ2n) is 5.37. The van der Waals surface area contributed by atoms with Gasteiger partial charge in [-0.2, -0.15) is 4.98 Å². The summed E-state index contributed by atoms with van der Waals surface area (Å²) in [6.45, 7) is 5.73. The number of anilines is 2. The molecule has 2 aromatic heterocycles. The van der Waals surface area contributed by atoms with Crippen LogP contribution < -0.4 is 16.2 Å². The lowest BCUT2D eigenvalue weighted by molar-refractivity contribution is 0.0970. The third-order valence-corrected chi connectivity index (χ3v) is 4.73. The van der Waals surface area contributed by atoms with Gasteiger partial charge in [-0.1, -0.05) is 6.92 Å². The second kappa shape index (κ2) is 5.16. The number of hydrazine groups is 1. The Labute approximate surface area is 121 Å². The first kappa shape index (κ1) is 13.5. The topological polar surface area (TPSA) is 87.3 Å². The average molecular weight is 293 g/mol. The van der Waals surface area contributed by atoms with E-state index in [1.165, 1.54) is 4.88 Å². The van der Waals surface area contributed by atoms with Crippen molar-refractivity contribution in [3.05, 3.63) is 10.9 Å². The Morgan fingerprint density at radius 2 is 2.30 bits per heavy atom. The molecular weight excluding hydrogens is 274 g/mol. The molecule has 0 aliphatic carbocycles. The summed E-state index contributed by atoms with van der Waals surface area (Å²) in [6.07, 6.45) is 0.543. The number of rotatable bonds is 2. The minimum absolute atomic E-state index is 0.222. The van der Waals surface area contributed by atoms with E-state index in [1.54, 1.807) is 11.3 Å². The zero-order valence-electron chi connectivity index (χ0n) is 11.6. The third kappa shape index (κ3) is 2.32. The summed E-state index contributed by atoms with van der Waals surface area (Å²) in [5.74, 6) is 7.05. The van der Waals surface area contributed by atoms with Gasteiger partial charge in [0, 0.05) is 18.0 Å². The molecule has 3 heterocycles. The molecule has 6 nitrogen and oxygen atoms in total. The summed E-state index contributed by atoms with van der Waals surface area (Å²) >= 11 is 1.64. The molecule has 0 radical (unpaired) electrons. The lowest BCUT2D eigenvalue weighted by Gasteiger charge is -2.35. The molecule has 0 aromatic carbocycles. The molecule has 4 N–H and O–H groups in total. The highest BCUT2D eigenvalue weighted by atomic mass is 32.1. The maximum absolute atomic E-state index is 9.87. The van der Waals surface area contributed by atoms with Gasteiger partial charge >= 0.3 is 0 Å². The molecule has 1 saturated heterocycles. The Bertz CT molecular complexity index is 628. The number of aryl methyl sites for hydroxylation is 1. The number of nitrogen functional groups attached to an aromatic ring is 1. The molecule has 1 aliphatic heterocycles. The Kier molecular flexibility index (Phi) is 3.49. The van der Waals surface area contributed by atoms with Crippen molar-refractivity contribution in [3.63, 3.8) is 0 Å². The van der Waals surface area contributed by atoms with E-state index in [0.717, 1.165) is 35.5 Å². The largest absolute Gasteiger partial charge is 0.393 e. The molecule has 0 bridgehead atoms. The van der Waals surface area contributed by atoms with Gasteiger partial charge in [0.2, 0.25) is 5.95 Å². The van der Waals surface area contributed by atoms with Crippen LogP contribution in [-0.4, -0.2) is 34.3 Å². The average Bonchev–Trinajstić information content (AvgIpc) is 2.80. The van der Waals surface area contributed by atoms with Gasteiger partial charge in [-0.3, -0.25) is 5.43 Å². The maximum atomic E-state index is 9.87. The predicted octanol–water partition coefficient (Wildman–Crippen LogP) is 1.49. The molecule has 2 aromatic rings. The van der Waals surface area contributed by atoms with Crippen LogP contribution in [0.1, 0.15) is 18.2 Å². The Morgan fingerprint density at radius 1 is 1.50 bits per heavy atom. The minimum Gasteiger partial charge on any atom is -0.393 e. The lowest BCUT2D eigenvalue weighted by Crippen LogP contribution is -2.42. The van der Waals surface area contributed by atoms with Crippen LogP contribution in [-0.2, 0) is 0 Å². The number of aromatic nitrogens is 2. The molecule has 108 valence electrons. The van der Waals surface area contributed by atoms with E-state index in [4.69, 9.17) is 5.84 Å². The van der Waals surface area contributed by atoms with Gasteiger partial charge in [-0.15, -0.1) is 11.3 Å². The second-order valence-corrected chi connectivity index (χ2v) is 6.61. The van der Waals surface area contributed by atoms with Crippen molar-refractivity contribution in [3.8, 4) is 0 Å².